The SMILES string of the molecule is Cc1ccc(C(=O)N(CCN2CCOCC2)C[C@H]2CN(C[C@@H](C)O)CCO2)cc1. The van der Waals surface area contributed by atoms with Crippen LogP contribution in [0, 0.1) is 6.92 Å². The van der Waals surface area contributed by atoms with Crippen molar-refractivity contribution in [2.45, 2.75) is 26.1 Å². The lowest BCUT2D eigenvalue weighted by Crippen LogP contribution is -2.51. The van der Waals surface area contributed by atoms with Gasteiger partial charge in [0.25, 0.3) is 5.91 Å². The molecule has 3 rings (SSSR count). The molecule has 2 saturated heterocycles. The van der Waals surface area contributed by atoms with E-state index in [9.17, 15) is 9.90 Å². The summed E-state index contributed by atoms with van der Waals surface area (Å²) in [5.41, 5.74) is 1.86. The second-order valence-electron chi connectivity index (χ2n) is 8.17. The molecule has 1 amide bonds. The number of rotatable bonds is 8. The maximum Gasteiger partial charge on any atom is 0.253 e. The number of hydrogen-bond donors (Lipinski definition) is 1. The van der Waals surface area contributed by atoms with E-state index in [0.717, 1.165) is 51.5 Å². The van der Waals surface area contributed by atoms with E-state index in [2.05, 4.69) is 9.80 Å². The highest BCUT2D eigenvalue weighted by atomic mass is 16.5. The fourth-order valence-corrected chi connectivity index (χ4v) is 3.92. The van der Waals surface area contributed by atoms with E-state index >= 15 is 0 Å². The molecule has 1 aromatic rings. The highest BCUT2D eigenvalue weighted by Crippen LogP contribution is 2.12. The number of aliphatic hydroxyl groups excluding tert-OH is 1. The minimum absolute atomic E-state index is 0.0402. The topological polar surface area (TPSA) is 65.5 Å². The molecule has 2 atom stereocenters. The summed E-state index contributed by atoms with van der Waals surface area (Å²) in [5, 5.41) is 9.70. The number of aryl methyl sites for hydroxylation is 1. The van der Waals surface area contributed by atoms with Crippen molar-refractivity contribution >= 4 is 5.91 Å². The van der Waals surface area contributed by atoms with E-state index in [1.54, 1.807) is 6.92 Å². The molecular formula is C22H35N3O4. The highest BCUT2D eigenvalue weighted by molar-refractivity contribution is 5.94. The lowest BCUT2D eigenvalue weighted by molar-refractivity contribution is -0.0501. The smallest absolute Gasteiger partial charge is 0.253 e. The summed E-state index contributed by atoms with van der Waals surface area (Å²) in [6.07, 6.45) is -0.401. The van der Waals surface area contributed by atoms with Crippen molar-refractivity contribution < 1.29 is 19.4 Å². The summed E-state index contributed by atoms with van der Waals surface area (Å²) in [7, 11) is 0. The molecule has 1 aromatic carbocycles. The van der Waals surface area contributed by atoms with Gasteiger partial charge in [-0.05, 0) is 26.0 Å². The molecule has 7 heteroatoms. The summed E-state index contributed by atoms with van der Waals surface area (Å²) >= 11 is 0. The van der Waals surface area contributed by atoms with Crippen LogP contribution >= 0.6 is 0 Å². The minimum Gasteiger partial charge on any atom is -0.392 e. The number of morpholine rings is 2. The lowest BCUT2D eigenvalue weighted by atomic mass is 10.1. The first-order valence-electron chi connectivity index (χ1n) is 10.7. The third-order valence-electron chi connectivity index (χ3n) is 5.54. The molecule has 0 bridgehead atoms. The number of carbonyl (C=O) groups excluding carboxylic acids is 1. The highest BCUT2D eigenvalue weighted by Gasteiger charge is 2.26. The molecule has 2 aliphatic rings. The van der Waals surface area contributed by atoms with Crippen LogP contribution in [0.25, 0.3) is 0 Å². The van der Waals surface area contributed by atoms with Crippen molar-refractivity contribution in [3.05, 3.63) is 35.4 Å². The molecule has 0 spiro atoms. The van der Waals surface area contributed by atoms with Crippen LogP contribution in [0.3, 0.4) is 0 Å². The zero-order valence-electron chi connectivity index (χ0n) is 17.8. The van der Waals surface area contributed by atoms with Crippen molar-refractivity contribution in [1.82, 2.24) is 14.7 Å². The second kappa shape index (κ2) is 11.0. The van der Waals surface area contributed by atoms with Crippen molar-refractivity contribution in [2.24, 2.45) is 0 Å². The number of carbonyl (C=O) groups is 1. The van der Waals surface area contributed by atoms with Gasteiger partial charge < -0.3 is 19.5 Å². The Hall–Kier alpha value is -1.51. The standard InChI is InChI=1S/C22H35N3O4/c1-18-3-5-20(6-4-18)22(27)25(8-7-23-9-12-28-13-10-23)17-21-16-24(11-14-29-21)15-19(2)26/h3-6,19,21,26H,7-17H2,1-2H3/t19-,21-/m1/s1. The Morgan fingerprint density at radius 1 is 1.17 bits per heavy atom. The Kier molecular flexibility index (Phi) is 8.44. The molecule has 162 valence electrons. The maximum atomic E-state index is 13.2. The molecule has 29 heavy (non-hydrogen) atoms. The van der Waals surface area contributed by atoms with Gasteiger partial charge in [0.2, 0.25) is 0 Å². The van der Waals surface area contributed by atoms with Crippen molar-refractivity contribution in [3.8, 4) is 0 Å². The Morgan fingerprint density at radius 3 is 2.55 bits per heavy atom. The normalized spacial score (nSPS) is 22.4. The van der Waals surface area contributed by atoms with Crippen LogP contribution < -0.4 is 0 Å². The van der Waals surface area contributed by atoms with Crippen molar-refractivity contribution in [2.75, 3.05) is 72.2 Å². The van der Waals surface area contributed by atoms with Crippen LogP contribution in [-0.4, -0.2) is 110 Å². The Morgan fingerprint density at radius 2 is 1.86 bits per heavy atom. The number of nitrogens with zero attached hydrogens (tertiary/aromatic N) is 3. The average Bonchev–Trinajstić information content (AvgIpc) is 2.72. The molecule has 0 radical (unpaired) electrons. The summed E-state index contributed by atoms with van der Waals surface area (Å²) in [5.74, 6) is 0.0505. The molecule has 2 fully saturated rings. The second-order valence-corrected chi connectivity index (χ2v) is 8.17. The maximum absolute atomic E-state index is 13.2. The van der Waals surface area contributed by atoms with Crippen LogP contribution in [0.15, 0.2) is 24.3 Å². The first kappa shape index (κ1) is 22.2. The van der Waals surface area contributed by atoms with E-state index in [4.69, 9.17) is 9.47 Å². The van der Waals surface area contributed by atoms with Crippen molar-refractivity contribution in [3.63, 3.8) is 0 Å². The van der Waals surface area contributed by atoms with Gasteiger partial charge in [-0.1, -0.05) is 17.7 Å². The van der Waals surface area contributed by atoms with Gasteiger partial charge in [0, 0.05) is 57.9 Å². The zero-order chi connectivity index (χ0) is 20.6. The van der Waals surface area contributed by atoms with E-state index < -0.39 is 0 Å². The summed E-state index contributed by atoms with van der Waals surface area (Å²) in [4.78, 5) is 19.7. The molecule has 2 heterocycles. The minimum atomic E-state index is -0.361. The molecule has 0 saturated carbocycles. The monoisotopic (exact) mass is 405 g/mol. The fourth-order valence-electron chi connectivity index (χ4n) is 3.92. The van der Waals surface area contributed by atoms with Crippen molar-refractivity contribution in [1.29, 1.82) is 0 Å². The van der Waals surface area contributed by atoms with Gasteiger partial charge >= 0.3 is 0 Å². The van der Waals surface area contributed by atoms with Gasteiger partial charge in [0.05, 0.1) is 32.0 Å². The van der Waals surface area contributed by atoms with Crippen LogP contribution in [0.2, 0.25) is 0 Å². The Labute approximate surface area is 174 Å². The van der Waals surface area contributed by atoms with E-state index in [1.165, 1.54) is 0 Å². The van der Waals surface area contributed by atoms with Crippen LogP contribution in [0.1, 0.15) is 22.8 Å². The number of amides is 1. The van der Waals surface area contributed by atoms with E-state index in [-0.39, 0.29) is 18.1 Å². The largest absolute Gasteiger partial charge is 0.392 e. The Balaban J connectivity index is 1.64. The van der Waals surface area contributed by atoms with E-state index in [1.807, 2.05) is 36.1 Å². The third kappa shape index (κ3) is 7.04. The Bertz CT molecular complexity index is 631. The fraction of sp³-hybridized carbons (Fsp3) is 0.682. The number of ether oxygens (including phenoxy) is 2. The first-order valence-corrected chi connectivity index (χ1v) is 10.7. The molecular weight excluding hydrogens is 370 g/mol. The number of aliphatic hydroxyl groups is 1. The van der Waals surface area contributed by atoms with Crippen LogP contribution in [-0.2, 0) is 9.47 Å². The lowest BCUT2D eigenvalue weighted by Gasteiger charge is -2.37. The molecule has 2 aliphatic heterocycles. The van der Waals surface area contributed by atoms with E-state index in [0.29, 0.717) is 31.8 Å². The predicted octanol–water partition coefficient (Wildman–Crippen LogP) is 0.851. The zero-order valence-corrected chi connectivity index (χ0v) is 17.8. The number of β-amino-alcohol motifs (C(OH)–C–C–N with tert-alkyl or cyclic N) is 1. The quantitative estimate of drug-likeness (QED) is 0.692. The summed E-state index contributed by atoms with van der Waals surface area (Å²) in [6, 6.07) is 7.77. The molecule has 0 unspecified atom stereocenters. The predicted molar refractivity (Wildman–Crippen MR) is 112 cm³/mol. The van der Waals surface area contributed by atoms with Gasteiger partial charge in [-0.15, -0.1) is 0 Å². The summed E-state index contributed by atoms with van der Waals surface area (Å²) < 4.78 is 11.4. The molecule has 7 nitrogen and oxygen atoms in total. The number of hydrogen-bond acceptors (Lipinski definition) is 6. The molecule has 0 aromatic heterocycles. The van der Waals surface area contributed by atoms with Gasteiger partial charge in [0.15, 0.2) is 0 Å². The van der Waals surface area contributed by atoms with Gasteiger partial charge in [-0.2, -0.15) is 0 Å². The summed E-state index contributed by atoms with van der Waals surface area (Å²) in [6.45, 7) is 12.1. The average molecular weight is 406 g/mol. The third-order valence-corrected chi connectivity index (χ3v) is 5.54. The van der Waals surface area contributed by atoms with Gasteiger partial charge in [0.1, 0.15) is 0 Å². The number of benzene rings is 1. The van der Waals surface area contributed by atoms with Gasteiger partial charge in [-0.25, -0.2) is 0 Å². The first-order chi connectivity index (χ1) is 14.0. The van der Waals surface area contributed by atoms with Gasteiger partial charge in [-0.3, -0.25) is 14.6 Å². The van der Waals surface area contributed by atoms with Crippen LogP contribution in [0.5, 0.6) is 0 Å². The molecule has 0 aliphatic carbocycles. The molecule has 1 N–H and O–H groups in total. The van der Waals surface area contributed by atoms with Crippen LogP contribution in [0.4, 0.5) is 0 Å².